The van der Waals surface area contributed by atoms with E-state index in [-0.39, 0.29) is 31.1 Å². The van der Waals surface area contributed by atoms with Crippen LogP contribution in [-0.4, -0.2) is 37.2 Å². The van der Waals surface area contributed by atoms with Crippen LogP contribution in [0.4, 0.5) is 0 Å². The number of ether oxygens (including phenoxy) is 3. The Hall–Kier alpha value is -2.11. The van der Waals surface area contributed by atoms with Crippen LogP contribution in [0.5, 0.6) is 0 Å². The molecule has 0 aliphatic carbocycles. The van der Waals surface area contributed by atoms with Gasteiger partial charge in [-0.3, -0.25) is 14.4 Å². The molecule has 0 aromatic carbocycles. The molecule has 6 nitrogen and oxygen atoms in total. The summed E-state index contributed by atoms with van der Waals surface area (Å²) in [7, 11) is 0. The van der Waals surface area contributed by atoms with Crippen LogP contribution in [0.1, 0.15) is 425 Å². The quantitative estimate of drug-likeness (QED) is 0.0261. The minimum absolute atomic E-state index is 0.0628. The predicted molar refractivity (Wildman–Crippen MR) is 358 cm³/mol. The summed E-state index contributed by atoms with van der Waals surface area (Å²) in [5.41, 5.74) is 0. The zero-order chi connectivity index (χ0) is 59.2. The molecule has 0 saturated heterocycles. The van der Waals surface area contributed by atoms with E-state index in [1.54, 1.807) is 0 Å². The highest BCUT2D eigenvalue weighted by molar-refractivity contribution is 5.71. The first-order chi connectivity index (χ1) is 40.5. The van der Waals surface area contributed by atoms with Crippen LogP contribution in [0.3, 0.4) is 0 Å². The third-order valence-corrected chi connectivity index (χ3v) is 17.2. The third-order valence-electron chi connectivity index (χ3n) is 17.2. The van der Waals surface area contributed by atoms with E-state index in [2.05, 4.69) is 45.1 Å². The van der Waals surface area contributed by atoms with Gasteiger partial charge in [0.2, 0.25) is 0 Å². The largest absolute Gasteiger partial charge is 0.462 e. The standard InChI is InChI=1S/C76H144O6/c1-4-7-10-13-16-19-22-25-28-31-33-34-35-36-37-38-39-40-41-42-44-45-48-51-54-57-60-63-66-69-75(78)81-72-73(71-80-74(77)68-65-62-59-56-53-50-47-30-27-24-21-18-15-12-9-6-3)82-76(79)70-67-64-61-58-55-52-49-46-43-32-29-26-23-20-17-14-11-8-5-2/h22,25,31,33,73H,4-21,23-24,26-30,32,34-72H2,1-3H3/b25-22-,33-31-. The monoisotopic (exact) mass is 1150 g/mol. The molecule has 0 bridgehead atoms. The van der Waals surface area contributed by atoms with Crippen LogP contribution in [0, 0.1) is 0 Å². The van der Waals surface area contributed by atoms with E-state index in [0.29, 0.717) is 19.3 Å². The van der Waals surface area contributed by atoms with Crippen LogP contribution in [0.25, 0.3) is 0 Å². The van der Waals surface area contributed by atoms with Crippen LogP contribution in [0.15, 0.2) is 24.3 Å². The zero-order valence-corrected chi connectivity index (χ0v) is 55.8. The lowest BCUT2D eigenvalue weighted by atomic mass is 10.0. The van der Waals surface area contributed by atoms with Crippen molar-refractivity contribution in [1.29, 1.82) is 0 Å². The van der Waals surface area contributed by atoms with Gasteiger partial charge in [0.05, 0.1) is 0 Å². The number of unbranched alkanes of at least 4 members (excludes halogenated alkanes) is 55. The molecule has 484 valence electrons. The van der Waals surface area contributed by atoms with Gasteiger partial charge >= 0.3 is 17.9 Å². The van der Waals surface area contributed by atoms with E-state index < -0.39 is 6.10 Å². The second kappa shape index (κ2) is 71.4. The van der Waals surface area contributed by atoms with Gasteiger partial charge in [0.15, 0.2) is 6.10 Å². The summed E-state index contributed by atoms with van der Waals surface area (Å²) in [4.78, 5) is 38.5. The third kappa shape index (κ3) is 68.7. The fourth-order valence-corrected chi connectivity index (χ4v) is 11.6. The molecule has 0 amide bonds. The molecule has 0 rings (SSSR count). The highest BCUT2D eigenvalue weighted by atomic mass is 16.6. The maximum Gasteiger partial charge on any atom is 0.306 e. The van der Waals surface area contributed by atoms with Gasteiger partial charge in [-0.05, 0) is 51.4 Å². The smallest absolute Gasteiger partial charge is 0.306 e. The van der Waals surface area contributed by atoms with Gasteiger partial charge in [0.25, 0.3) is 0 Å². The van der Waals surface area contributed by atoms with E-state index in [1.165, 1.54) is 321 Å². The molecule has 0 aromatic rings. The molecule has 82 heavy (non-hydrogen) atoms. The molecule has 0 heterocycles. The molecule has 0 aliphatic rings. The summed E-state index contributed by atoms with van der Waals surface area (Å²) in [6.45, 7) is 6.73. The summed E-state index contributed by atoms with van der Waals surface area (Å²) in [6, 6.07) is 0. The molecular weight excluding hydrogens is 1010 g/mol. The minimum Gasteiger partial charge on any atom is -0.462 e. The Kier molecular flexibility index (Phi) is 69.5. The number of allylic oxidation sites excluding steroid dienone is 4. The molecule has 0 radical (unpaired) electrons. The van der Waals surface area contributed by atoms with Gasteiger partial charge in [-0.25, -0.2) is 0 Å². The number of hydrogen-bond acceptors (Lipinski definition) is 6. The average molecular weight is 1150 g/mol. The predicted octanol–water partition coefficient (Wildman–Crippen LogP) is 25.7. The Morgan fingerprint density at radius 3 is 0.671 bits per heavy atom. The summed E-state index contributed by atoms with van der Waals surface area (Å²) in [5.74, 6) is -0.824. The van der Waals surface area contributed by atoms with E-state index in [4.69, 9.17) is 14.2 Å². The topological polar surface area (TPSA) is 78.9 Å². The van der Waals surface area contributed by atoms with E-state index >= 15 is 0 Å². The van der Waals surface area contributed by atoms with E-state index in [1.807, 2.05) is 0 Å². The normalized spacial score (nSPS) is 12.1. The number of esters is 3. The zero-order valence-electron chi connectivity index (χ0n) is 55.8. The SMILES string of the molecule is CCCCCCC/C=C\C/C=C\CCCCCCCCCCCCCCCCCCCC(=O)OCC(COC(=O)CCCCCCCCCCCCCCCCCC)OC(=O)CCCCCCCCCCCCCCCCCCCCC. The van der Waals surface area contributed by atoms with Gasteiger partial charge in [-0.1, -0.05) is 379 Å². The first-order valence-electron chi connectivity index (χ1n) is 37.3. The van der Waals surface area contributed by atoms with Crippen molar-refractivity contribution in [2.45, 2.75) is 431 Å². The minimum atomic E-state index is -0.767. The second-order valence-electron chi connectivity index (χ2n) is 25.6. The summed E-state index contributed by atoms with van der Waals surface area (Å²) in [5, 5.41) is 0. The first-order valence-corrected chi connectivity index (χ1v) is 37.3. The van der Waals surface area contributed by atoms with Crippen molar-refractivity contribution in [2.75, 3.05) is 13.2 Å². The molecule has 0 N–H and O–H groups in total. The number of carbonyl (C=O) groups excluding carboxylic acids is 3. The van der Waals surface area contributed by atoms with Gasteiger partial charge in [-0.15, -0.1) is 0 Å². The molecule has 0 spiro atoms. The highest BCUT2D eigenvalue weighted by Gasteiger charge is 2.20. The highest BCUT2D eigenvalue weighted by Crippen LogP contribution is 2.19. The Labute approximate surface area is 513 Å². The van der Waals surface area contributed by atoms with Gasteiger partial charge in [-0.2, -0.15) is 0 Å². The second-order valence-corrected chi connectivity index (χ2v) is 25.6. The van der Waals surface area contributed by atoms with Crippen LogP contribution in [0.2, 0.25) is 0 Å². The molecule has 0 aromatic heterocycles. The molecular formula is C76H144O6. The van der Waals surface area contributed by atoms with E-state index in [9.17, 15) is 14.4 Å². The molecule has 0 aliphatic heterocycles. The van der Waals surface area contributed by atoms with E-state index in [0.717, 1.165) is 64.2 Å². The van der Waals surface area contributed by atoms with Crippen molar-refractivity contribution in [3.05, 3.63) is 24.3 Å². The summed E-state index contributed by atoms with van der Waals surface area (Å²) in [6.07, 6.45) is 87.9. The Morgan fingerprint density at radius 1 is 0.244 bits per heavy atom. The van der Waals surface area contributed by atoms with Crippen LogP contribution < -0.4 is 0 Å². The molecule has 6 heteroatoms. The van der Waals surface area contributed by atoms with Crippen LogP contribution >= 0.6 is 0 Å². The molecule has 0 saturated carbocycles. The lowest BCUT2D eigenvalue weighted by molar-refractivity contribution is -0.167. The Morgan fingerprint density at radius 2 is 0.439 bits per heavy atom. The Bertz CT molecular complexity index is 1320. The average Bonchev–Trinajstić information content (AvgIpc) is 3.47. The number of carbonyl (C=O) groups is 3. The maximum atomic E-state index is 13.0. The fraction of sp³-hybridized carbons (Fsp3) is 0.908. The fourth-order valence-electron chi connectivity index (χ4n) is 11.6. The van der Waals surface area contributed by atoms with Crippen LogP contribution in [-0.2, 0) is 28.6 Å². The molecule has 0 fully saturated rings. The van der Waals surface area contributed by atoms with Crippen molar-refractivity contribution in [1.82, 2.24) is 0 Å². The van der Waals surface area contributed by atoms with Crippen molar-refractivity contribution in [3.63, 3.8) is 0 Å². The molecule has 1 atom stereocenters. The number of hydrogen-bond donors (Lipinski definition) is 0. The number of rotatable bonds is 70. The van der Waals surface area contributed by atoms with Crippen molar-refractivity contribution < 1.29 is 28.6 Å². The van der Waals surface area contributed by atoms with Gasteiger partial charge in [0, 0.05) is 19.3 Å². The van der Waals surface area contributed by atoms with Gasteiger partial charge in [0.1, 0.15) is 13.2 Å². The first kappa shape index (κ1) is 79.9. The lowest BCUT2D eigenvalue weighted by Crippen LogP contribution is -2.30. The van der Waals surface area contributed by atoms with Crippen molar-refractivity contribution in [2.24, 2.45) is 0 Å². The molecule has 1 unspecified atom stereocenters. The van der Waals surface area contributed by atoms with Crippen molar-refractivity contribution >= 4 is 17.9 Å². The summed E-state index contributed by atoms with van der Waals surface area (Å²) >= 11 is 0. The van der Waals surface area contributed by atoms with Gasteiger partial charge < -0.3 is 14.2 Å². The Balaban J connectivity index is 4.20. The summed E-state index contributed by atoms with van der Waals surface area (Å²) < 4.78 is 17.0. The maximum absolute atomic E-state index is 13.0. The lowest BCUT2D eigenvalue weighted by Gasteiger charge is -2.18. The van der Waals surface area contributed by atoms with Crippen molar-refractivity contribution in [3.8, 4) is 0 Å².